The van der Waals surface area contributed by atoms with Gasteiger partial charge in [0.25, 0.3) is 5.91 Å². The number of amides is 1. The monoisotopic (exact) mass is 379 g/mol. The van der Waals surface area contributed by atoms with E-state index in [0.717, 1.165) is 15.8 Å². The molecule has 0 aliphatic heterocycles. The second-order valence-electron chi connectivity index (χ2n) is 3.67. The van der Waals surface area contributed by atoms with Crippen LogP contribution in [-0.4, -0.2) is 10.9 Å². The highest BCUT2D eigenvalue weighted by atomic mass is 79.9. The topological polar surface area (TPSA) is 68.0 Å². The summed E-state index contributed by atoms with van der Waals surface area (Å²) in [5, 5.41) is 3.71. The maximum Gasteiger partial charge on any atom is 0.267 e. The molecule has 0 atom stereocenters. The minimum Gasteiger partial charge on any atom is -0.375 e. The van der Waals surface area contributed by atoms with Crippen LogP contribution in [0.3, 0.4) is 0 Å². The number of rotatable bonds is 2. The molecule has 0 saturated heterocycles. The van der Waals surface area contributed by atoms with Crippen molar-refractivity contribution in [1.29, 1.82) is 0 Å². The van der Waals surface area contributed by atoms with Crippen molar-refractivity contribution in [2.24, 2.45) is 0 Å². The fourth-order valence-electron chi connectivity index (χ4n) is 1.46. The Bertz CT molecular complexity index is 636. The van der Waals surface area contributed by atoms with Gasteiger partial charge in [0.15, 0.2) is 5.13 Å². The molecule has 1 aromatic carbocycles. The predicted molar refractivity (Wildman–Crippen MR) is 83.4 cm³/mol. The normalized spacial score (nSPS) is 10.5. The second-order valence-corrected chi connectivity index (χ2v) is 6.43. The van der Waals surface area contributed by atoms with Gasteiger partial charge in [0.2, 0.25) is 0 Å². The van der Waals surface area contributed by atoms with Crippen molar-refractivity contribution >= 4 is 67.2 Å². The van der Waals surface area contributed by atoms with Gasteiger partial charge in [-0.3, -0.25) is 4.79 Å². The minimum absolute atomic E-state index is 0.335. The lowest BCUT2D eigenvalue weighted by Gasteiger charge is -2.09. The molecule has 0 bridgehead atoms. The summed E-state index contributed by atoms with van der Waals surface area (Å²) in [5.41, 5.74) is 6.50. The number of aryl methyl sites for hydroxylation is 1. The van der Waals surface area contributed by atoms with Crippen LogP contribution in [0.1, 0.15) is 15.4 Å². The van der Waals surface area contributed by atoms with Gasteiger partial charge in [-0.15, -0.1) is 0 Å². The molecule has 1 amide bonds. The molecule has 1 aromatic heterocycles. The molecular weight excluding hydrogens is 373 g/mol. The van der Waals surface area contributed by atoms with E-state index in [1.807, 2.05) is 0 Å². The second kappa shape index (κ2) is 5.66. The summed E-state index contributed by atoms with van der Waals surface area (Å²) < 4.78 is 0.735. The maximum atomic E-state index is 12.1. The molecule has 19 heavy (non-hydrogen) atoms. The average molecular weight is 381 g/mol. The Hall–Kier alpha value is -0.820. The van der Waals surface area contributed by atoms with Crippen LogP contribution in [0.5, 0.6) is 0 Å². The number of benzene rings is 1. The van der Waals surface area contributed by atoms with Crippen molar-refractivity contribution in [2.75, 3.05) is 11.1 Å². The van der Waals surface area contributed by atoms with E-state index in [-0.39, 0.29) is 5.91 Å². The number of hydrogen-bond acceptors (Lipinski definition) is 4. The summed E-state index contributed by atoms with van der Waals surface area (Å²) >= 11 is 16.5. The standard InChI is InChI=1S/C11H8BrCl2N3OS/c1-4-9(19-11(15)16-4)10(18)17-8-6(13)2-5(12)3-7(8)14/h2-3H,1H3,(H2,15,16)(H,17,18). The molecular formula is C11H8BrCl2N3OS. The Morgan fingerprint density at radius 3 is 2.47 bits per heavy atom. The van der Waals surface area contributed by atoms with E-state index in [1.54, 1.807) is 19.1 Å². The number of aromatic nitrogens is 1. The van der Waals surface area contributed by atoms with Gasteiger partial charge in [-0.2, -0.15) is 0 Å². The Kier molecular flexibility index (Phi) is 4.35. The molecule has 2 rings (SSSR count). The van der Waals surface area contributed by atoms with Gasteiger partial charge in [-0.25, -0.2) is 4.98 Å². The summed E-state index contributed by atoms with van der Waals surface area (Å²) in [6.07, 6.45) is 0. The zero-order chi connectivity index (χ0) is 14.2. The molecule has 0 aliphatic carbocycles. The number of nitrogens with two attached hydrogens (primary N) is 1. The number of nitrogens with zero attached hydrogens (tertiary/aromatic N) is 1. The highest BCUT2D eigenvalue weighted by Gasteiger charge is 2.17. The first kappa shape index (κ1) is 14.6. The molecule has 0 radical (unpaired) electrons. The van der Waals surface area contributed by atoms with Crippen LogP contribution in [0.25, 0.3) is 0 Å². The molecule has 0 fully saturated rings. The fraction of sp³-hybridized carbons (Fsp3) is 0.0909. The van der Waals surface area contributed by atoms with Crippen LogP contribution in [-0.2, 0) is 0 Å². The van der Waals surface area contributed by atoms with E-state index < -0.39 is 0 Å². The van der Waals surface area contributed by atoms with Crippen LogP contribution in [0.2, 0.25) is 10.0 Å². The van der Waals surface area contributed by atoms with Crippen LogP contribution in [0, 0.1) is 6.92 Å². The first-order valence-electron chi connectivity index (χ1n) is 5.07. The van der Waals surface area contributed by atoms with Crippen molar-refractivity contribution < 1.29 is 4.79 Å². The Morgan fingerprint density at radius 2 is 2.00 bits per heavy atom. The molecule has 0 saturated carbocycles. The molecule has 8 heteroatoms. The summed E-state index contributed by atoms with van der Waals surface area (Å²) in [4.78, 5) is 16.5. The number of nitrogens with one attached hydrogen (secondary N) is 1. The largest absolute Gasteiger partial charge is 0.375 e. The Morgan fingerprint density at radius 1 is 1.42 bits per heavy atom. The van der Waals surface area contributed by atoms with E-state index in [4.69, 9.17) is 28.9 Å². The number of thiazole rings is 1. The smallest absolute Gasteiger partial charge is 0.267 e. The number of carbonyl (C=O) groups excluding carboxylic acids is 1. The van der Waals surface area contributed by atoms with Crippen LogP contribution < -0.4 is 11.1 Å². The molecule has 1 heterocycles. The highest BCUT2D eigenvalue weighted by Crippen LogP contribution is 2.34. The maximum absolute atomic E-state index is 12.1. The SMILES string of the molecule is Cc1nc(N)sc1C(=O)Nc1c(Cl)cc(Br)cc1Cl. The summed E-state index contributed by atoms with van der Waals surface area (Å²) in [6, 6.07) is 3.30. The lowest BCUT2D eigenvalue weighted by atomic mass is 10.3. The molecule has 3 N–H and O–H groups in total. The zero-order valence-electron chi connectivity index (χ0n) is 9.63. The first-order chi connectivity index (χ1) is 8.88. The Balaban J connectivity index is 2.32. The van der Waals surface area contributed by atoms with Gasteiger partial charge < -0.3 is 11.1 Å². The predicted octanol–water partition coefficient (Wildman–Crippen LogP) is 4.36. The third kappa shape index (κ3) is 3.20. The lowest BCUT2D eigenvalue weighted by Crippen LogP contribution is -2.12. The average Bonchev–Trinajstić information content (AvgIpc) is 2.62. The van der Waals surface area contributed by atoms with Gasteiger partial charge >= 0.3 is 0 Å². The van der Waals surface area contributed by atoms with Gasteiger partial charge in [-0.1, -0.05) is 50.5 Å². The lowest BCUT2D eigenvalue weighted by molar-refractivity contribution is 0.103. The van der Waals surface area contributed by atoms with Crippen molar-refractivity contribution in [3.8, 4) is 0 Å². The van der Waals surface area contributed by atoms with Gasteiger partial charge in [-0.05, 0) is 19.1 Å². The van der Waals surface area contributed by atoms with Crippen molar-refractivity contribution in [2.45, 2.75) is 6.92 Å². The van der Waals surface area contributed by atoms with E-state index >= 15 is 0 Å². The number of anilines is 2. The summed E-state index contributed by atoms with van der Waals surface area (Å²) in [6.45, 7) is 1.71. The third-order valence-electron chi connectivity index (χ3n) is 2.26. The molecule has 2 aromatic rings. The number of carbonyl (C=O) groups is 1. The van der Waals surface area contributed by atoms with Crippen LogP contribution in [0.4, 0.5) is 10.8 Å². The van der Waals surface area contributed by atoms with Gasteiger partial charge in [0, 0.05) is 4.47 Å². The molecule has 0 unspecified atom stereocenters. The quantitative estimate of drug-likeness (QED) is 0.813. The molecule has 4 nitrogen and oxygen atoms in total. The first-order valence-corrected chi connectivity index (χ1v) is 7.44. The fourth-order valence-corrected chi connectivity index (χ4v) is 3.49. The van der Waals surface area contributed by atoms with Crippen molar-refractivity contribution in [1.82, 2.24) is 4.98 Å². The third-order valence-corrected chi connectivity index (χ3v) is 4.30. The summed E-state index contributed by atoms with van der Waals surface area (Å²) in [5.74, 6) is -0.335. The number of halogens is 3. The van der Waals surface area contributed by atoms with Gasteiger partial charge in [0.05, 0.1) is 21.4 Å². The van der Waals surface area contributed by atoms with Crippen molar-refractivity contribution in [3.05, 3.63) is 37.2 Å². The van der Waals surface area contributed by atoms with E-state index in [1.165, 1.54) is 0 Å². The Labute approximate surface area is 132 Å². The van der Waals surface area contributed by atoms with Crippen LogP contribution >= 0.6 is 50.5 Å². The van der Waals surface area contributed by atoms with Crippen LogP contribution in [0.15, 0.2) is 16.6 Å². The highest BCUT2D eigenvalue weighted by molar-refractivity contribution is 9.10. The number of hydrogen-bond donors (Lipinski definition) is 2. The molecule has 0 spiro atoms. The minimum atomic E-state index is -0.335. The number of nitrogen functional groups attached to an aromatic ring is 1. The molecule has 0 aliphatic rings. The van der Waals surface area contributed by atoms with E-state index in [9.17, 15) is 4.79 Å². The van der Waals surface area contributed by atoms with E-state index in [0.29, 0.717) is 31.4 Å². The summed E-state index contributed by atoms with van der Waals surface area (Å²) in [7, 11) is 0. The zero-order valence-corrected chi connectivity index (χ0v) is 13.5. The molecule has 100 valence electrons. The van der Waals surface area contributed by atoms with Crippen molar-refractivity contribution in [3.63, 3.8) is 0 Å². The van der Waals surface area contributed by atoms with Gasteiger partial charge in [0.1, 0.15) is 4.88 Å². The van der Waals surface area contributed by atoms with E-state index in [2.05, 4.69) is 26.2 Å².